The van der Waals surface area contributed by atoms with Gasteiger partial charge in [-0.1, -0.05) is 26.7 Å². The highest BCUT2D eigenvalue weighted by Gasteiger charge is 2.91. The van der Waals surface area contributed by atoms with Gasteiger partial charge < -0.3 is 54.4 Å². The molecule has 6 N–H and O–H groups in total. The first-order valence-corrected chi connectivity index (χ1v) is 21.0. The standard InChI is InChI=1S/C42H60N2O12/c1-37(2)30-29(48)31(49)39(4)28(41(30)20-53-36(51)40(35(41)56-37)13-9-22(16-40)18-45)10-12-38(3)32(54-34(50)33-42(38,39)55-33)25-11-14-52-27(25)15-23(26(47)19-46)7-5-6-8-24-17-43-21-44-24/h11,14,22-24,26,28,30-33,35,43-47,49H,5-10,12-13,15-21H2,1-4H3. The van der Waals surface area contributed by atoms with Gasteiger partial charge in [-0.25, -0.2) is 4.79 Å². The van der Waals surface area contributed by atoms with E-state index in [-0.39, 0.29) is 31.0 Å². The number of esters is 2. The van der Waals surface area contributed by atoms with E-state index in [0.717, 1.165) is 32.5 Å². The number of furan rings is 1. The third kappa shape index (κ3) is 4.99. The highest BCUT2D eigenvalue weighted by atomic mass is 16.7. The Kier molecular flexibility index (Phi) is 9.27. The van der Waals surface area contributed by atoms with E-state index >= 15 is 0 Å². The van der Waals surface area contributed by atoms with E-state index in [4.69, 9.17) is 23.4 Å². The minimum atomic E-state index is -1.51. The summed E-state index contributed by atoms with van der Waals surface area (Å²) in [7, 11) is 0. The molecule has 14 nitrogen and oxygen atoms in total. The Hall–Kier alpha value is -2.43. The fraction of sp³-hybridized carbons (Fsp3) is 0.833. The van der Waals surface area contributed by atoms with Crippen LogP contribution in [0.25, 0.3) is 0 Å². The van der Waals surface area contributed by atoms with Crippen LogP contribution in [0.2, 0.25) is 0 Å². The molecule has 8 fully saturated rings. The van der Waals surface area contributed by atoms with Crippen molar-refractivity contribution in [1.82, 2.24) is 10.6 Å². The van der Waals surface area contributed by atoms with Crippen LogP contribution in [0.1, 0.15) is 103 Å². The lowest BCUT2D eigenvalue weighted by Gasteiger charge is -2.67. The average Bonchev–Trinajstić information content (AvgIpc) is 3.58. The summed E-state index contributed by atoms with van der Waals surface area (Å²) in [5, 5.41) is 50.4. The first-order valence-electron chi connectivity index (χ1n) is 21.0. The molecule has 1 aromatic heterocycles. The SMILES string of the molecule is CC1(C)OC2C3(CCC(CO)C3)C(=O)OCC23C1C(=O)C(O)C1(C)C3CCC2(C)C(c3ccoc3CC(CCCCC3CNCN3)C(O)CO)OC(=O)C3OC321. The number of carbonyl (C=O) groups is 3. The number of fused-ring (bicyclic) bond motifs is 2. The van der Waals surface area contributed by atoms with Crippen molar-refractivity contribution in [2.24, 2.45) is 45.3 Å². The fourth-order valence-electron chi connectivity index (χ4n) is 14.2. The number of aliphatic hydroxyl groups is 4. The van der Waals surface area contributed by atoms with Crippen LogP contribution in [-0.2, 0) is 39.8 Å². The maximum absolute atomic E-state index is 15.0. The van der Waals surface area contributed by atoms with Gasteiger partial charge in [0.05, 0.1) is 42.0 Å². The van der Waals surface area contributed by atoms with Crippen LogP contribution in [-0.4, -0.2) is 113 Å². The third-order valence-electron chi connectivity index (χ3n) is 16.7. The highest BCUT2D eigenvalue weighted by Crippen LogP contribution is 2.81. The molecule has 310 valence electrons. The monoisotopic (exact) mass is 784 g/mol. The lowest BCUT2D eigenvalue weighted by Crippen LogP contribution is -2.77. The second-order valence-electron chi connectivity index (χ2n) is 19.6. The fourth-order valence-corrected chi connectivity index (χ4v) is 14.2. The lowest BCUT2D eigenvalue weighted by atomic mass is 9.35. The molecule has 0 bridgehead atoms. The second-order valence-corrected chi connectivity index (χ2v) is 19.6. The van der Waals surface area contributed by atoms with Gasteiger partial charge in [0.1, 0.15) is 30.2 Å². The van der Waals surface area contributed by atoms with Gasteiger partial charge in [-0.05, 0) is 82.6 Å². The molecule has 56 heavy (non-hydrogen) atoms. The van der Waals surface area contributed by atoms with Crippen molar-refractivity contribution < 1.29 is 58.2 Å². The molecular weight excluding hydrogens is 724 g/mol. The largest absolute Gasteiger partial charge is 0.469 e. The first kappa shape index (κ1) is 39.1. The van der Waals surface area contributed by atoms with Gasteiger partial charge in [0, 0.05) is 54.1 Å². The zero-order chi connectivity index (χ0) is 39.6. The highest BCUT2D eigenvalue weighted by molar-refractivity contribution is 5.92. The lowest BCUT2D eigenvalue weighted by molar-refractivity contribution is -0.264. The molecule has 14 heteroatoms. The number of Topliss-reactive ketones (excluding diaryl/α,β-unsaturated/α-hetero) is 1. The third-order valence-corrected chi connectivity index (χ3v) is 16.7. The van der Waals surface area contributed by atoms with Crippen LogP contribution in [0.3, 0.4) is 0 Å². The normalized spacial score (nSPS) is 47.0. The summed E-state index contributed by atoms with van der Waals surface area (Å²) < 4.78 is 32.2. The zero-order valence-corrected chi connectivity index (χ0v) is 33.1. The van der Waals surface area contributed by atoms with Crippen molar-refractivity contribution >= 4 is 17.7 Å². The predicted octanol–water partition coefficient (Wildman–Crippen LogP) is 2.09. The minimum Gasteiger partial charge on any atom is -0.469 e. The quantitative estimate of drug-likeness (QED) is 0.108. The van der Waals surface area contributed by atoms with E-state index in [1.165, 1.54) is 0 Å². The number of hydrogen-bond acceptors (Lipinski definition) is 14. The Morgan fingerprint density at radius 1 is 1.02 bits per heavy atom. The summed E-state index contributed by atoms with van der Waals surface area (Å²) in [5.74, 6) is -2.41. The number of nitrogens with one attached hydrogen (secondary N) is 2. The second kappa shape index (κ2) is 13.3. The van der Waals surface area contributed by atoms with E-state index in [9.17, 15) is 34.8 Å². The van der Waals surface area contributed by atoms with Crippen molar-refractivity contribution in [3.05, 3.63) is 23.7 Å². The van der Waals surface area contributed by atoms with Crippen molar-refractivity contribution in [1.29, 1.82) is 0 Å². The number of unbranched alkanes of at least 4 members (excludes halogenated alkanes) is 1. The maximum atomic E-state index is 15.0. The van der Waals surface area contributed by atoms with Gasteiger partial charge >= 0.3 is 11.9 Å². The molecule has 0 radical (unpaired) electrons. The van der Waals surface area contributed by atoms with Crippen molar-refractivity contribution in [3.63, 3.8) is 0 Å². The maximum Gasteiger partial charge on any atom is 0.339 e. The molecule has 3 aliphatic carbocycles. The molecule has 6 heterocycles. The Balaban J connectivity index is 1.07. The first-order chi connectivity index (χ1) is 26.7. The van der Waals surface area contributed by atoms with Crippen LogP contribution in [0.15, 0.2) is 16.7 Å². The Morgan fingerprint density at radius 2 is 1.82 bits per heavy atom. The zero-order valence-electron chi connectivity index (χ0n) is 33.1. The van der Waals surface area contributed by atoms with E-state index in [0.29, 0.717) is 62.3 Å². The molecular formula is C42H60N2O12. The Labute approximate surface area is 327 Å². The number of epoxide rings is 1. The summed E-state index contributed by atoms with van der Waals surface area (Å²) in [6.45, 7) is 8.87. The number of aliphatic hydroxyl groups excluding tert-OH is 4. The smallest absolute Gasteiger partial charge is 0.339 e. The topological polar surface area (TPSA) is 210 Å². The molecule has 1 aromatic rings. The van der Waals surface area contributed by atoms with Gasteiger partial charge in [0.2, 0.25) is 0 Å². The number of carbonyl (C=O) groups excluding carboxylic acids is 3. The number of hydrogen-bond donors (Lipinski definition) is 6. The molecule has 0 aromatic carbocycles. The number of cyclic esters (lactones) is 2. The molecule has 8 aliphatic rings. The molecule has 9 rings (SSSR count). The Bertz CT molecular complexity index is 1740. The van der Waals surface area contributed by atoms with E-state index in [2.05, 4.69) is 10.6 Å². The molecule has 5 aliphatic heterocycles. The number of ether oxygens (including phenoxy) is 4. The summed E-state index contributed by atoms with van der Waals surface area (Å²) >= 11 is 0. The number of ketones is 1. The van der Waals surface area contributed by atoms with Crippen LogP contribution in [0.4, 0.5) is 0 Å². The van der Waals surface area contributed by atoms with E-state index in [1.807, 2.05) is 27.7 Å². The molecule has 3 spiro atoms. The van der Waals surface area contributed by atoms with Crippen LogP contribution < -0.4 is 10.6 Å². The van der Waals surface area contributed by atoms with Crippen LogP contribution in [0.5, 0.6) is 0 Å². The van der Waals surface area contributed by atoms with Crippen LogP contribution in [0, 0.1) is 45.3 Å². The van der Waals surface area contributed by atoms with Crippen LogP contribution >= 0.6 is 0 Å². The van der Waals surface area contributed by atoms with E-state index < -0.39 is 93.6 Å². The van der Waals surface area contributed by atoms with E-state index in [1.54, 1.807) is 12.3 Å². The average molecular weight is 785 g/mol. The van der Waals surface area contributed by atoms with Gasteiger partial charge in [0.15, 0.2) is 11.9 Å². The van der Waals surface area contributed by atoms with Gasteiger partial charge in [-0.3, -0.25) is 9.59 Å². The molecule has 0 amide bonds. The van der Waals surface area contributed by atoms with Gasteiger partial charge in [0.25, 0.3) is 0 Å². The molecule has 5 saturated heterocycles. The molecule has 15 unspecified atom stereocenters. The summed E-state index contributed by atoms with van der Waals surface area (Å²) in [6, 6.07) is 2.22. The summed E-state index contributed by atoms with van der Waals surface area (Å²) in [4.78, 5) is 43.0. The number of rotatable bonds is 11. The minimum absolute atomic E-state index is 0.0469. The van der Waals surface area contributed by atoms with Crippen molar-refractivity contribution in [2.75, 3.05) is 33.0 Å². The summed E-state index contributed by atoms with van der Waals surface area (Å²) in [5.41, 5.74) is -5.97. The summed E-state index contributed by atoms with van der Waals surface area (Å²) in [6.07, 6.45) is 2.83. The van der Waals surface area contributed by atoms with Gasteiger partial charge in [-0.2, -0.15) is 0 Å². The predicted molar refractivity (Wildman–Crippen MR) is 196 cm³/mol. The van der Waals surface area contributed by atoms with Crippen molar-refractivity contribution in [3.8, 4) is 0 Å². The van der Waals surface area contributed by atoms with Crippen molar-refractivity contribution in [2.45, 2.75) is 140 Å². The molecule has 15 atom stereocenters. The van der Waals surface area contributed by atoms with Gasteiger partial charge in [-0.15, -0.1) is 0 Å². The Morgan fingerprint density at radius 3 is 2.54 bits per heavy atom. The molecule has 3 saturated carbocycles.